The molecule has 1 aromatic heterocycles. The summed E-state index contributed by atoms with van der Waals surface area (Å²) < 4.78 is 10.7. The highest BCUT2D eigenvalue weighted by molar-refractivity contribution is 5.25. The molecular formula is C14H24N2O2. The second-order valence-corrected chi connectivity index (χ2v) is 4.70. The van der Waals surface area contributed by atoms with E-state index in [1.807, 2.05) is 26.0 Å². The second-order valence-electron chi connectivity index (χ2n) is 4.70. The number of nitrogens with one attached hydrogen (secondary N) is 1. The Bertz CT molecular complexity index is 342. The minimum atomic E-state index is 0.143. The van der Waals surface area contributed by atoms with Crippen molar-refractivity contribution in [3.8, 4) is 5.88 Å². The fraction of sp³-hybridized carbons (Fsp3) is 0.643. The number of ether oxygens (including phenoxy) is 2. The van der Waals surface area contributed by atoms with Crippen molar-refractivity contribution < 1.29 is 9.47 Å². The average molecular weight is 252 g/mol. The third-order valence-electron chi connectivity index (χ3n) is 2.59. The van der Waals surface area contributed by atoms with Crippen LogP contribution in [0.1, 0.15) is 32.8 Å². The Hall–Kier alpha value is -1.13. The van der Waals surface area contributed by atoms with Gasteiger partial charge in [0, 0.05) is 38.1 Å². The van der Waals surface area contributed by atoms with Gasteiger partial charge in [0.2, 0.25) is 5.88 Å². The Morgan fingerprint density at radius 2 is 2.11 bits per heavy atom. The summed E-state index contributed by atoms with van der Waals surface area (Å²) in [5.74, 6) is 0.721. The van der Waals surface area contributed by atoms with Crippen LogP contribution in [0.15, 0.2) is 18.3 Å². The maximum absolute atomic E-state index is 5.68. The second kappa shape index (κ2) is 8.06. The van der Waals surface area contributed by atoms with Gasteiger partial charge in [-0.05, 0) is 33.3 Å². The lowest BCUT2D eigenvalue weighted by molar-refractivity contribution is 0.184. The van der Waals surface area contributed by atoms with Gasteiger partial charge in [0.05, 0.1) is 6.10 Å². The number of nitrogens with zero attached hydrogens (tertiary/aromatic N) is 1. The smallest absolute Gasteiger partial charge is 0.218 e. The Morgan fingerprint density at radius 1 is 1.33 bits per heavy atom. The summed E-state index contributed by atoms with van der Waals surface area (Å²) in [6.45, 7) is 7.70. The highest BCUT2D eigenvalue weighted by Gasteiger charge is 2.08. The van der Waals surface area contributed by atoms with Crippen molar-refractivity contribution in [3.63, 3.8) is 0 Å². The molecule has 0 aliphatic rings. The Kier molecular flexibility index (Phi) is 6.68. The van der Waals surface area contributed by atoms with Crippen molar-refractivity contribution in [1.29, 1.82) is 0 Å². The first-order chi connectivity index (χ1) is 8.63. The normalized spacial score (nSPS) is 12.7. The summed E-state index contributed by atoms with van der Waals surface area (Å²) in [6, 6.07) is 4.39. The van der Waals surface area contributed by atoms with E-state index in [9.17, 15) is 0 Å². The van der Waals surface area contributed by atoms with E-state index < -0.39 is 0 Å². The summed E-state index contributed by atoms with van der Waals surface area (Å²) in [7, 11) is 1.72. The summed E-state index contributed by atoms with van der Waals surface area (Å²) in [5, 5.41) is 3.45. The molecule has 0 amide bonds. The van der Waals surface area contributed by atoms with Crippen molar-refractivity contribution in [2.45, 2.75) is 45.9 Å². The quantitative estimate of drug-likeness (QED) is 0.771. The Balaban J connectivity index is 2.50. The molecule has 0 saturated carbocycles. The molecule has 0 bridgehead atoms. The average Bonchev–Trinajstić information content (AvgIpc) is 2.34. The molecule has 0 aromatic carbocycles. The zero-order valence-corrected chi connectivity index (χ0v) is 11.8. The number of pyridine rings is 1. The van der Waals surface area contributed by atoms with Crippen molar-refractivity contribution in [2.24, 2.45) is 0 Å². The minimum Gasteiger partial charge on any atom is -0.475 e. The van der Waals surface area contributed by atoms with Gasteiger partial charge in [0.1, 0.15) is 0 Å². The summed E-state index contributed by atoms with van der Waals surface area (Å²) in [5.41, 5.74) is 1.09. The first-order valence-corrected chi connectivity index (χ1v) is 6.46. The monoisotopic (exact) mass is 252 g/mol. The first kappa shape index (κ1) is 14.9. The molecule has 1 unspecified atom stereocenters. The van der Waals surface area contributed by atoms with Gasteiger partial charge in [0.15, 0.2) is 0 Å². The third-order valence-corrected chi connectivity index (χ3v) is 2.59. The molecule has 18 heavy (non-hydrogen) atoms. The van der Waals surface area contributed by atoms with Gasteiger partial charge in [-0.1, -0.05) is 6.07 Å². The summed E-state index contributed by atoms with van der Waals surface area (Å²) >= 11 is 0. The molecule has 1 N–H and O–H groups in total. The van der Waals surface area contributed by atoms with Crippen LogP contribution in [0.4, 0.5) is 0 Å². The molecule has 0 aliphatic heterocycles. The maximum Gasteiger partial charge on any atom is 0.218 e. The first-order valence-electron chi connectivity index (χ1n) is 6.46. The van der Waals surface area contributed by atoms with Gasteiger partial charge in [0.25, 0.3) is 0 Å². The number of aromatic nitrogens is 1. The lowest BCUT2D eigenvalue weighted by Gasteiger charge is -2.16. The standard InChI is InChI=1S/C14H24N2O2/c1-11(2)18-14-13(6-5-8-15-14)10-16-12(3)7-9-17-4/h5-6,8,11-12,16H,7,9-10H2,1-4H3. The van der Waals surface area contributed by atoms with Gasteiger partial charge < -0.3 is 14.8 Å². The Morgan fingerprint density at radius 3 is 2.78 bits per heavy atom. The van der Waals surface area contributed by atoms with Crippen LogP contribution in [0.2, 0.25) is 0 Å². The fourth-order valence-electron chi connectivity index (χ4n) is 1.57. The van der Waals surface area contributed by atoms with Crippen LogP contribution < -0.4 is 10.1 Å². The lowest BCUT2D eigenvalue weighted by Crippen LogP contribution is -2.27. The summed E-state index contributed by atoms with van der Waals surface area (Å²) in [6.07, 6.45) is 2.90. The van der Waals surface area contributed by atoms with Crippen LogP contribution in [0.3, 0.4) is 0 Å². The highest BCUT2D eigenvalue weighted by atomic mass is 16.5. The van der Waals surface area contributed by atoms with E-state index in [-0.39, 0.29) is 6.10 Å². The summed E-state index contributed by atoms with van der Waals surface area (Å²) in [4.78, 5) is 4.27. The fourth-order valence-corrected chi connectivity index (χ4v) is 1.57. The van der Waals surface area contributed by atoms with E-state index in [2.05, 4.69) is 17.2 Å². The molecule has 102 valence electrons. The van der Waals surface area contributed by atoms with E-state index in [1.54, 1.807) is 13.3 Å². The van der Waals surface area contributed by atoms with Crippen molar-refractivity contribution in [3.05, 3.63) is 23.9 Å². The van der Waals surface area contributed by atoms with E-state index in [1.165, 1.54) is 0 Å². The molecule has 0 fully saturated rings. The molecule has 1 atom stereocenters. The van der Waals surface area contributed by atoms with Crippen LogP contribution in [-0.4, -0.2) is 30.8 Å². The topological polar surface area (TPSA) is 43.4 Å². The van der Waals surface area contributed by atoms with E-state index >= 15 is 0 Å². The molecule has 0 spiro atoms. The predicted molar refractivity (Wildman–Crippen MR) is 72.8 cm³/mol. The predicted octanol–water partition coefficient (Wildman–Crippen LogP) is 2.38. The van der Waals surface area contributed by atoms with E-state index in [0.29, 0.717) is 6.04 Å². The van der Waals surface area contributed by atoms with Crippen LogP contribution in [0.5, 0.6) is 5.88 Å². The number of hydrogen-bond acceptors (Lipinski definition) is 4. The van der Waals surface area contributed by atoms with Crippen LogP contribution in [0, 0.1) is 0 Å². The van der Waals surface area contributed by atoms with Gasteiger partial charge in [-0.3, -0.25) is 0 Å². The lowest BCUT2D eigenvalue weighted by atomic mass is 10.2. The molecule has 4 nitrogen and oxygen atoms in total. The third kappa shape index (κ3) is 5.47. The number of hydrogen-bond donors (Lipinski definition) is 1. The van der Waals surface area contributed by atoms with Crippen molar-refractivity contribution >= 4 is 0 Å². The molecule has 0 saturated heterocycles. The molecule has 1 rings (SSSR count). The van der Waals surface area contributed by atoms with Gasteiger partial charge >= 0.3 is 0 Å². The largest absolute Gasteiger partial charge is 0.475 e. The SMILES string of the molecule is COCCC(C)NCc1cccnc1OC(C)C. The number of methoxy groups -OCH3 is 1. The molecule has 1 aromatic rings. The van der Waals surface area contributed by atoms with Crippen LogP contribution >= 0.6 is 0 Å². The number of rotatable bonds is 8. The van der Waals surface area contributed by atoms with E-state index in [0.717, 1.165) is 31.0 Å². The molecule has 4 heteroatoms. The molecule has 0 radical (unpaired) electrons. The van der Waals surface area contributed by atoms with Gasteiger partial charge in [-0.25, -0.2) is 4.98 Å². The Labute approximate surface area is 110 Å². The molecule has 0 aliphatic carbocycles. The zero-order chi connectivity index (χ0) is 13.4. The van der Waals surface area contributed by atoms with Crippen molar-refractivity contribution in [1.82, 2.24) is 10.3 Å². The van der Waals surface area contributed by atoms with E-state index in [4.69, 9.17) is 9.47 Å². The van der Waals surface area contributed by atoms with Crippen LogP contribution in [-0.2, 0) is 11.3 Å². The molecule has 1 heterocycles. The maximum atomic E-state index is 5.68. The van der Waals surface area contributed by atoms with Gasteiger partial charge in [-0.2, -0.15) is 0 Å². The molecular weight excluding hydrogens is 228 g/mol. The van der Waals surface area contributed by atoms with Crippen LogP contribution in [0.25, 0.3) is 0 Å². The minimum absolute atomic E-state index is 0.143. The highest BCUT2D eigenvalue weighted by Crippen LogP contribution is 2.15. The van der Waals surface area contributed by atoms with Crippen molar-refractivity contribution in [2.75, 3.05) is 13.7 Å². The van der Waals surface area contributed by atoms with Gasteiger partial charge in [-0.15, -0.1) is 0 Å². The zero-order valence-electron chi connectivity index (χ0n) is 11.8.